The highest BCUT2D eigenvalue weighted by atomic mass is 35.5. The number of halogens is 1. The van der Waals surface area contributed by atoms with Crippen molar-refractivity contribution in [3.8, 4) is 0 Å². The zero-order valence-corrected chi connectivity index (χ0v) is 14.2. The van der Waals surface area contributed by atoms with Crippen LogP contribution in [0.5, 0.6) is 0 Å². The molecular formula is C17H21ClN4O. The summed E-state index contributed by atoms with van der Waals surface area (Å²) >= 11 is 5.97. The Hall–Kier alpha value is -2.14. The van der Waals surface area contributed by atoms with Gasteiger partial charge in [0.15, 0.2) is 0 Å². The summed E-state index contributed by atoms with van der Waals surface area (Å²) < 4.78 is 0. The Labute approximate surface area is 141 Å². The summed E-state index contributed by atoms with van der Waals surface area (Å²) in [6.07, 6.45) is 4.94. The Morgan fingerprint density at radius 2 is 2.09 bits per heavy atom. The number of aryl methyl sites for hydroxylation is 1. The molecule has 2 aromatic rings. The molecule has 0 aliphatic heterocycles. The molecule has 0 aliphatic rings. The number of hydrogen-bond donors (Lipinski definition) is 2. The van der Waals surface area contributed by atoms with E-state index in [4.69, 9.17) is 11.6 Å². The van der Waals surface area contributed by atoms with E-state index in [-0.39, 0.29) is 5.91 Å². The predicted molar refractivity (Wildman–Crippen MR) is 94.2 cm³/mol. The smallest absolute Gasteiger partial charge is 0.274 e. The molecule has 23 heavy (non-hydrogen) atoms. The van der Waals surface area contributed by atoms with Crippen molar-refractivity contribution in [2.75, 3.05) is 17.2 Å². The molecule has 0 atom stereocenters. The van der Waals surface area contributed by atoms with Gasteiger partial charge in [-0.3, -0.25) is 4.79 Å². The second-order valence-corrected chi connectivity index (χ2v) is 5.75. The molecule has 1 heterocycles. The minimum atomic E-state index is -0.283. The molecule has 1 amide bonds. The number of nitrogens with zero attached hydrogens (tertiary/aromatic N) is 2. The van der Waals surface area contributed by atoms with Gasteiger partial charge < -0.3 is 10.6 Å². The fourth-order valence-electron chi connectivity index (χ4n) is 2.06. The highest BCUT2D eigenvalue weighted by Crippen LogP contribution is 2.20. The van der Waals surface area contributed by atoms with E-state index in [9.17, 15) is 4.79 Å². The van der Waals surface area contributed by atoms with Crippen LogP contribution in [-0.4, -0.2) is 22.4 Å². The molecule has 0 saturated heterocycles. The van der Waals surface area contributed by atoms with E-state index in [0.29, 0.717) is 22.4 Å². The first-order chi connectivity index (χ1) is 11.1. The summed E-state index contributed by atoms with van der Waals surface area (Å²) in [6, 6.07) is 6.96. The Kier molecular flexibility index (Phi) is 6.35. The third kappa shape index (κ3) is 5.21. The average molecular weight is 333 g/mol. The van der Waals surface area contributed by atoms with E-state index >= 15 is 0 Å². The largest absolute Gasteiger partial charge is 0.354 e. The lowest BCUT2D eigenvalue weighted by Crippen LogP contribution is -2.16. The van der Waals surface area contributed by atoms with E-state index in [2.05, 4.69) is 27.5 Å². The first-order valence-corrected chi connectivity index (χ1v) is 8.12. The lowest BCUT2D eigenvalue weighted by atomic mass is 10.2. The van der Waals surface area contributed by atoms with Crippen LogP contribution in [0.3, 0.4) is 0 Å². The van der Waals surface area contributed by atoms with Crippen molar-refractivity contribution in [2.24, 2.45) is 0 Å². The van der Waals surface area contributed by atoms with E-state index in [1.165, 1.54) is 0 Å². The maximum absolute atomic E-state index is 12.3. The maximum atomic E-state index is 12.3. The molecule has 0 radical (unpaired) electrons. The van der Waals surface area contributed by atoms with Crippen LogP contribution in [-0.2, 0) is 0 Å². The van der Waals surface area contributed by atoms with Gasteiger partial charge in [0.25, 0.3) is 5.91 Å². The molecule has 1 aromatic carbocycles. The van der Waals surface area contributed by atoms with Gasteiger partial charge in [0.2, 0.25) is 5.95 Å². The van der Waals surface area contributed by atoms with E-state index < -0.39 is 0 Å². The third-order valence-electron chi connectivity index (χ3n) is 3.40. The van der Waals surface area contributed by atoms with Crippen molar-refractivity contribution < 1.29 is 4.79 Å². The average Bonchev–Trinajstić information content (AvgIpc) is 2.55. The molecule has 0 aliphatic carbocycles. The number of carbonyl (C=O) groups is 1. The monoisotopic (exact) mass is 332 g/mol. The first kappa shape index (κ1) is 17.2. The van der Waals surface area contributed by atoms with Crippen LogP contribution in [0.2, 0.25) is 5.02 Å². The van der Waals surface area contributed by atoms with Crippen LogP contribution in [0.15, 0.2) is 30.5 Å². The number of carbonyl (C=O) groups excluding carboxylic acids is 1. The van der Waals surface area contributed by atoms with Gasteiger partial charge in [-0.15, -0.1) is 0 Å². The summed E-state index contributed by atoms with van der Waals surface area (Å²) in [5, 5.41) is 6.54. The number of unbranched alkanes of at least 4 members (excludes halogenated alkanes) is 2. The van der Waals surface area contributed by atoms with Crippen LogP contribution >= 0.6 is 11.6 Å². The normalized spacial score (nSPS) is 10.4. The van der Waals surface area contributed by atoms with Crippen LogP contribution < -0.4 is 10.6 Å². The van der Waals surface area contributed by atoms with Gasteiger partial charge in [-0.1, -0.05) is 37.4 Å². The van der Waals surface area contributed by atoms with Gasteiger partial charge >= 0.3 is 0 Å². The van der Waals surface area contributed by atoms with E-state index in [1.54, 1.807) is 24.4 Å². The predicted octanol–water partition coefficient (Wildman–Crippen LogP) is 4.29. The second kappa shape index (κ2) is 8.48. The molecule has 0 saturated carbocycles. The molecule has 0 unspecified atom stereocenters. The Balaban J connectivity index is 2.03. The number of aromatic nitrogens is 2. The topological polar surface area (TPSA) is 66.9 Å². The van der Waals surface area contributed by atoms with Gasteiger partial charge in [-0.05, 0) is 37.1 Å². The van der Waals surface area contributed by atoms with E-state index in [0.717, 1.165) is 31.4 Å². The van der Waals surface area contributed by atoms with Crippen LogP contribution in [0.25, 0.3) is 0 Å². The van der Waals surface area contributed by atoms with Gasteiger partial charge in [0.1, 0.15) is 5.69 Å². The molecule has 5 nitrogen and oxygen atoms in total. The van der Waals surface area contributed by atoms with Crippen molar-refractivity contribution in [1.29, 1.82) is 0 Å². The van der Waals surface area contributed by atoms with Crippen molar-refractivity contribution in [3.63, 3.8) is 0 Å². The minimum absolute atomic E-state index is 0.283. The number of rotatable bonds is 7. The van der Waals surface area contributed by atoms with Crippen molar-refractivity contribution in [1.82, 2.24) is 9.97 Å². The summed E-state index contributed by atoms with van der Waals surface area (Å²) in [4.78, 5) is 20.7. The molecule has 122 valence electrons. The van der Waals surface area contributed by atoms with Gasteiger partial charge in [0, 0.05) is 23.5 Å². The molecule has 1 aromatic heterocycles. The zero-order valence-electron chi connectivity index (χ0n) is 13.4. The molecule has 2 N–H and O–H groups in total. The van der Waals surface area contributed by atoms with Crippen molar-refractivity contribution in [3.05, 3.63) is 46.7 Å². The number of benzene rings is 1. The summed E-state index contributed by atoms with van der Waals surface area (Å²) in [5.74, 6) is 0.186. The maximum Gasteiger partial charge on any atom is 0.274 e. The molecule has 6 heteroatoms. The van der Waals surface area contributed by atoms with Crippen LogP contribution in [0.4, 0.5) is 11.6 Å². The van der Waals surface area contributed by atoms with Crippen molar-refractivity contribution >= 4 is 29.1 Å². The number of nitrogens with one attached hydrogen (secondary N) is 2. The quantitative estimate of drug-likeness (QED) is 0.742. The summed E-state index contributed by atoms with van der Waals surface area (Å²) in [6.45, 7) is 4.86. The highest BCUT2D eigenvalue weighted by Gasteiger charge is 2.11. The van der Waals surface area contributed by atoms with Gasteiger partial charge in [0.05, 0.1) is 0 Å². The van der Waals surface area contributed by atoms with Crippen molar-refractivity contribution in [2.45, 2.75) is 33.1 Å². The molecule has 0 fully saturated rings. The number of amides is 1. The first-order valence-electron chi connectivity index (χ1n) is 7.74. The van der Waals surface area contributed by atoms with Crippen LogP contribution in [0, 0.1) is 6.92 Å². The number of hydrogen-bond acceptors (Lipinski definition) is 4. The standard InChI is InChI=1S/C17H21ClN4O/c1-3-4-5-9-19-17-20-10-8-14(22-17)16(23)21-15-11-13(18)7-6-12(15)2/h6-8,10-11H,3-5,9H2,1-2H3,(H,21,23)(H,19,20,22). The van der Waals surface area contributed by atoms with Crippen LogP contribution in [0.1, 0.15) is 42.2 Å². The fourth-order valence-corrected chi connectivity index (χ4v) is 2.23. The summed E-state index contributed by atoms with van der Waals surface area (Å²) in [5.41, 5.74) is 1.94. The fraction of sp³-hybridized carbons (Fsp3) is 0.353. The molecule has 0 spiro atoms. The zero-order chi connectivity index (χ0) is 16.7. The Bertz CT molecular complexity index is 675. The molecular weight excluding hydrogens is 312 g/mol. The highest BCUT2D eigenvalue weighted by molar-refractivity contribution is 6.31. The summed E-state index contributed by atoms with van der Waals surface area (Å²) in [7, 11) is 0. The lowest BCUT2D eigenvalue weighted by molar-refractivity contribution is 0.102. The second-order valence-electron chi connectivity index (χ2n) is 5.31. The Morgan fingerprint density at radius 1 is 1.26 bits per heavy atom. The molecule has 0 bridgehead atoms. The molecule has 2 rings (SSSR count). The van der Waals surface area contributed by atoms with Gasteiger partial charge in [-0.25, -0.2) is 9.97 Å². The number of anilines is 2. The minimum Gasteiger partial charge on any atom is -0.354 e. The lowest BCUT2D eigenvalue weighted by Gasteiger charge is -2.09. The van der Waals surface area contributed by atoms with E-state index in [1.807, 2.05) is 13.0 Å². The SMILES string of the molecule is CCCCCNc1nccc(C(=O)Nc2cc(Cl)ccc2C)n1. The third-order valence-corrected chi connectivity index (χ3v) is 3.63. The van der Waals surface area contributed by atoms with Gasteiger partial charge in [-0.2, -0.15) is 0 Å². The Morgan fingerprint density at radius 3 is 2.87 bits per heavy atom.